The second-order valence-corrected chi connectivity index (χ2v) is 6.71. The molecule has 1 saturated carbocycles. The molecule has 0 aromatic carbocycles. The van der Waals surface area contributed by atoms with Crippen molar-refractivity contribution in [2.24, 2.45) is 14.1 Å². The van der Waals surface area contributed by atoms with Crippen molar-refractivity contribution in [1.82, 2.24) is 14.0 Å². The number of anilines is 1. The highest BCUT2D eigenvalue weighted by molar-refractivity contribution is 5.52. The highest BCUT2D eigenvalue weighted by atomic mass is 16.2. The Hall–Kier alpha value is -2.07. The Morgan fingerprint density at radius 3 is 2.29 bits per heavy atom. The van der Waals surface area contributed by atoms with Crippen molar-refractivity contribution in [3.63, 3.8) is 0 Å². The molecular formula is C17H27N5O2. The van der Waals surface area contributed by atoms with Gasteiger partial charge in [-0.25, -0.2) is 4.79 Å². The van der Waals surface area contributed by atoms with E-state index in [1.165, 1.54) is 43.7 Å². The Labute approximate surface area is 142 Å². The summed E-state index contributed by atoms with van der Waals surface area (Å²) in [5.41, 5.74) is -0.938. The molecule has 1 aromatic heterocycles. The summed E-state index contributed by atoms with van der Waals surface area (Å²) in [6.45, 7) is 1.48. The molecule has 0 unspecified atom stereocenters. The normalized spacial score (nSPS) is 15.5. The predicted molar refractivity (Wildman–Crippen MR) is 94.4 cm³/mol. The molecule has 0 atom stereocenters. The van der Waals surface area contributed by atoms with E-state index in [9.17, 15) is 14.9 Å². The molecule has 2 rings (SSSR count). The number of nitriles is 1. The van der Waals surface area contributed by atoms with Gasteiger partial charge in [-0.2, -0.15) is 5.26 Å². The van der Waals surface area contributed by atoms with Gasteiger partial charge in [0.25, 0.3) is 5.56 Å². The van der Waals surface area contributed by atoms with Crippen LogP contribution in [0, 0.1) is 11.3 Å². The monoisotopic (exact) mass is 333 g/mol. The smallest absolute Gasteiger partial charge is 0.332 e. The first kappa shape index (κ1) is 18.3. The Morgan fingerprint density at radius 2 is 1.71 bits per heavy atom. The molecule has 0 N–H and O–H groups in total. The van der Waals surface area contributed by atoms with Gasteiger partial charge in [-0.05, 0) is 19.9 Å². The minimum atomic E-state index is -0.539. The number of aromatic nitrogens is 2. The molecule has 1 heterocycles. The summed E-state index contributed by atoms with van der Waals surface area (Å²) in [5.74, 6) is 0.391. The summed E-state index contributed by atoms with van der Waals surface area (Å²) in [6.07, 6.45) is 6.35. The van der Waals surface area contributed by atoms with Crippen LogP contribution in [0.25, 0.3) is 0 Å². The molecule has 24 heavy (non-hydrogen) atoms. The van der Waals surface area contributed by atoms with Crippen LogP contribution in [0.3, 0.4) is 0 Å². The molecule has 0 aliphatic heterocycles. The number of hydrogen-bond donors (Lipinski definition) is 0. The molecule has 0 saturated heterocycles. The van der Waals surface area contributed by atoms with E-state index in [2.05, 4.69) is 11.9 Å². The molecule has 132 valence electrons. The summed E-state index contributed by atoms with van der Waals surface area (Å²) >= 11 is 0. The van der Waals surface area contributed by atoms with Gasteiger partial charge >= 0.3 is 5.69 Å². The van der Waals surface area contributed by atoms with Gasteiger partial charge in [0.1, 0.15) is 11.9 Å². The SMILES string of the molecule is CN(CCN(C)C1CCCCC1)c1c(C#N)c(=O)n(C)c(=O)n1C. The van der Waals surface area contributed by atoms with Crippen molar-refractivity contribution in [2.45, 2.75) is 38.1 Å². The van der Waals surface area contributed by atoms with E-state index >= 15 is 0 Å². The van der Waals surface area contributed by atoms with Gasteiger partial charge in [-0.3, -0.25) is 13.9 Å². The maximum atomic E-state index is 12.2. The average Bonchev–Trinajstić information content (AvgIpc) is 2.61. The molecule has 7 heteroatoms. The lowest BCUT2D eigenvalue weighted by atomic mass is 9.94. The van der Waals surface area contributed by atoms with Gasteiger partial charge in [0.15, 0.2) is 5.56 Å². The van der Waals surface area contributed by atoms with E-state index in [0.29, 0.717) is 18.4 Å². The summed E-state index contributed by atoms with van der Waals surface area (Å²) in [7, 11) is 6.94. The lowest BCUT2D eigenvalue weighted by Gasteiger charge is -2.33. The van der Waals surface area contributed by atoms with Crippen LogP contribution in [0.4, 0.5) is 5.82 Å². The van der Waals surface area contributed by atoms with Gasteiger partial charge in [0.05, 0.1) is 0 Å². The quantitative estimate of drug-likeness (QED) is 0.791. The second-order valence-electron chi connectivity index (χ2n) is 6.71. The van der Waals surface area contributed by atoms with E-state index in [4.69, 9.17) is 0 Å². The van der Waals surface area contributed by atoms with Crippen molar-refractivity contribution >= 4 is 5.82 Å². The van der Waals surface area contributed by atoms with Crippen molar-refractivity contribution in [1.29, 1.82) is 5.26 Å². The Morgan fingerprint density at radius 1 is 1.08 bits per heavy atom. The zero-order valence-corrected chi connectivity index (χ0v) is 15.1. The summed E-state index contributed by atoms with van der Waals surface area (Å²) < 4.78 is 2.35. The van der Waals surface area contributed by atoms with Gasteiger partial charge in [0, 0.05) is 40.3 Å². The van der Waals surface area contributed by atoms with Crippen molar-refractivity contribution in [2.75, 3.05) is 32.1 Å². The summed E-state index contributed by atoms with van der Waals surface area (Å²) in [5, 5.41) is 9.35. The van der Waals surface area contributed by atoms with Crippen LogP contribution in [0.1, 0.15) is 37.7 Å². The molecule has 1 aliphatic carbocycles. The van der Waals surface area contributed by atoms with Crippen molar-refractivity contribution in [3.05, 3.63) is 26.4 Å². The third-order valence-electron chi connectivity index (χ3n) is 5.09. The molecule has 0 amide bonds. The Bertz CT molecular complexity index is 737. The molecule has 0 bridgehead atoms. The first-order valence-electron chi connectivity index (χ1n) is 8.50. The van der Waals surface area contributed by atoms with E-state index in [0.717, 1.165) is 11.1 Å². The third kappa shape index (κ3) is 3.54. The summed E-state index contributed by atoms with van der Waals surface area (Å²) in [4.78, 5) is 28.5. The van der Waals surface area contributed by atoms with Crippen LogP contribution < -0.4 is 16.1 Å². The lowest BCUT2D eigenvalue weighted by Crippen LogP contribution is -2.44. The van der Waals surface area contributed by atoms with E-state index in [1.54, 1.807) is 7.05 Å². The average molecular weight is 333 g/mol. The maximum absolute atomic E-state index is 12.2. The maximum Gasteiger partial charge on any atom is 0.332 e. The number of likely N-dealkylation sites (N-methyl/N-ethyl adjacent to an activating group) is 2. The van der Waals surface area contributed by atoms with Crippen LogP contribution in [0.5, 0.6) is 0 Å². The van der Waals surface area contributed by atoms with E-state index < -0.39 is 11.2 Å². The molecule has 1 fully saturated rings. The van der Waals surface area contributed by atoms with Crippen LogP contribution in [0.2, 0.25) is 0 Å². The fourth-order valence-corrected chi connectivity index (χ4v) is 3.50. The molecule has 0 radical (unpaired) electrons. The number of rotatable bonds is 5. The first-order chi connectivity index (χ1) is 11.4. The molecule has 0 spiro atoms. The Kier molecular flexibility index (Phi) is 5.84. The fourth-order valence-electron chi connectivity index (χ4n) is 3.50. The lowest BCUT2D eigenvalue weighted by molar-refractivity contribution is 0.196. The predicted octanol–water partition coefficient (Wildman–Crippen LogP) is 0.656. The largest absolute Gasteiger partial charge is 0.358 e. The highest BCUT2D eigenvalue weighted by Gasteiger charge is 2.21. The van der Waals surface area contributed by atoms with Crippen LogP contribution in [0.15, 0.2) is 9.59 Å². The minimum absolute atomic E-state index is 0.0161. The van der Waals surface area contributed by atoms with E-state index in [-0.39, 0.29) is 5.56 Å². The zero-order valence-electron chi connectivity index (χ0n) is 15.1. The number of nitrogens with zero attached hydrogens (tertiary/aromatic N) is 5. The fraction of sp³-hybridized carbons (Fsp3) is 0.706. The molecule has 1 aromatic rings. The molecule has 7 nitrogen and oxygen atoms in total. The summed E-state index contributed by atoms with van der Waals surface area (Å²) in [6, 6.07) is 2.56. The second kappa shape index (κ2) is 7.67. The first-order valence-corrected chi connectivity index (χ1v) is 8.50. The van der Waals surface area contributed by atoms with Crippen LogP contribution >= 0.6 is 0 Å². The van der Waals surface area contributed by atoms with Gasteiger partial charge in [-0.1, -0.05) is 19.3 Å². The van der Waals surface area contributed by atoms with Gasteiger partial charge < -0.3 is 9.80 Å². The van der Waals surface area contributed by atoms with Crippen molar-refractivity contribution in [3.8, 4) is 6.07 Å². The standard InChI is InChI=1S/C17H27N5O2/c1-19(13-8-6-5-7-9-13)10-11-20(2)15-14(12-18)16(23)22(4)17(24)21(15)3/h13H,5-11H2,1-4H3. The molecular weight excluding hydrogens is 306 g/mol. The minimum Gasteiger partial charge on any atom is -0.358 e. The highest BCUT2D eigenvalue weighted by Crippen LogP contribution is 2.21. The number of hydrogen-bond acceptors (Lipinski definition) is 5. The van der Waals surface area contributed by atoms with Gasteiger partial charge in [0.2, 0.25) is 0 Å². The topological polar surface area (TPSA) is 74.3 Å². The zero-order chi connectivity index (χ0) is 17.9. The Balaban J connectivity index is 2.18. The third-order valence-corrected chi connectivity index (χ3v) is 5.09. The van der Waals surface area contributed by atoms with E-state index in [1.807, 2.05) is 18.0 Å². The van der Waals surface area contributed by atoms with Crippen molar-refractivity contribution < 1.29 is 0 Å². The van der Waals surface area contributed by atoms with Crippen LogP contribution in [-0.2, 0) is 14.1 Å². The van der Waals surface area contributed by atoms with Gasteiger partial charge in [-0.15, -0.1) is 0 Å². The molecule has 1 aliphatic rings. The van der Waals surface area contributed by atoms with Crippen LogP contribution in [-0.4, -0.2) is 47.3 Å².